The topological polar surface area (TPSA) is 84.7 Å². The first-order valence-electron chi connectivity index (χ1n) is 7.74. The summed E-state index contributed by atoms with van der Waals surface area (Å²) in [7, 11) is 5.42. The Morgan fingerprint density at radius 3 is 2.36 bits per heavy atom. The van der Waals surface area contributed by atoms with E-state index in [2.05, 4.69) is 10.2 Å². The lowest BCUT2D eigenvalue weighted by Gasteiger charge is -2.11. The molecule has 0 unspecified atom stereocenters. The van der Waals surface area contributed by atoms with E-state index in [9.17, 15) is 14.9 Å². The molecule has 0 heterocycles. The zero-order chi connectivity index (χ0) is 18.4. The molecule has 2 aromatic carbocycles. The van der Waals surface area contributed by atoms with E-state index in [0.717, 1.165) is 12.1 Å². The molecule has 1 N–H and O–H groups in total. The van der Waals surface area contributed by atoms with Crippen molar-refractivity contribution in [2.75, 3.05) is 21.2 Å². The fourth-order valence-corrected chi connectivity index (χ4v) is 2.39. The lowest BCUT2D eigenvalue weighted by atomic mass is 10.1. The number of non-ortho nitro benzene ring substituents is 1. The van der Waals surface area contributed by atoms with Gasteiger partial charge in [0.15, 0.2) is 0 Å². The number of nitro groups is 1. The second-order valence-electron chi connectivity index (χ2n) is 5.88. The number of benzene rings is 2. The molecule has 132 valence electrons. The van der Waals surface area contributed by atoms with E-state index in [1.165, 1.54) is 30.9 Å². The van der Waals surface area contributed by atoms with Gasteiger partial charge in [-0.05, 0) is 31.3 Å². The number of carbonyl (C=O) groups excluding carboxylic acids is 1. The van der Waals surface area contributed by atoms with Crippen molar-refractivity contribution in [3.63, 3.8) is 0 Å². The molecule has 2 aromatic rings. The first kappa shape index (κ1) is 18.4. The number of nitrogens with zero attached hydrogens (tertiary/aromatic N) is 2. The molecule has 2 rings (SSSR count). The first-order valence-corrected chi connectivity index (χ1v) is 7.74. The van der Waals surface area contributed by atoms with E-state index in [-0.39, 0.29) is 11.3 Å². The summed E-state index contributed by atoms with van der Waals surface area (Å²) in [4.78, 5) is 24.8. The van der Waals surface area contributed by atoms with Gasteiger partial charge in [0.1, 0.15) is 5.75 Å². The maximum Gasteiger partial charge on any atom is 0.270 e. The predicted octanol–water partition coefficient (Wildman–Crippen LogP) is 2.60. The zero-order valence-electron chi connectivity index (χ0n) is 14.5. The summed E-state index contributed by atoms with van der Waals surface area (Å²) in [5.41, 5.74) is 2.11. The van der Waals surface area contributed by atoms with Crippen molar-refractivity contribution in [1.29, 1.82) is 0 Å². The second-order valence-corrected chi connectivity index (χ2v) is 5.88. The van der Waals surface area contributed by atoms with Crippen LogP contribution in [0, 0.1) is 10.1 Å². The SMILES string of the molecule is COc1ccc([N+](=O)[O-])cc1C(=O)NCc1ccc(CN(C)C)cc1. The van der Waals surface area contributed by atoms with Crippen LogP contribution in [0.2, 0.25) is 0 Å². The Bertz CT molecular complexity index is 757. The Balaban J connectivity index is 2.07. The van der Waals surface area contributed by atoms with Crippen LogP contribution in [0.4, 0.5) is 5.69 Å². The molecule has 0 saturated heterocycles. The number of hydrogen-bond acceptors (Lipinski definition) is 5. The third kappa shape index (κ3) is 5.02. The third-order valence-electron chi connectivity index (χ3n) is 3.61. The second kappa shape index (κ2) is 8.25. The number of methoxy groups -OCH3 is 1. The van der Waals surface area contributed by atoms with Crippen LogP contribution in [-0.2, 0) is 13.1 Å². The number of ether oxygens (including phenoxy) is 1. The maximum atomic E-state index is 12.4. The van der Waals surface area contributed by atoms with Crippen molar-refractivity contribution in [2.24, 2.45) is 0 Å². The van der Waals surface area contributed by atoms with E-state index in [1.807, 2.05) is 38.4 Å². The maximum absolute atomic E-state index is 12.4. The van der Waals surface area contributed by atoms with Gasteiger partial charge in [-0.15, -0.1) is 0 Å². The minimum Gasteiger partial charge on any atom is -0.496 e. The highest BCUT2D eigenvalue weighted by Gasteiger charge is 2.17. The zero-order valence-corrected chi connectivity index (χ0v) is 14.5. The van der Waals surface area contributed by atoms with Gasteiger partial charge in [-0.3, -0.25) is 14.9 Å². The van der Waals surface area contributed by atoms with Gasteiger partial charge in [0, 0.05) is 25.2 Å². The highest BCUT2D eigenvalue weighted by atomic mass is 16.6. The molecule has 7 heteroatoms. The quantitative estimate of drug-likeness (QED) is 0.617. The van der Waals surface area contributed by atoms with Gasteiger partial charge in [0.2, 0.25) is 0 Å². The molecule has 0 aliphatic carbocycles. The van der Waals surface area contributed by atoms with Gasteiger partial charge < -0.3 is 15.0 Å². The number of nitro benzene ring substituents is 1. The van der Waals surface area contributed by atoms with Crippen molar-refractivity contribution < 1.29 is 14.5 Å². The van der Waals surface area contributed by atoms with E-state index >= 15 is 0 Å². The molecular weight excluding hydrogens is 322 g/mol. The van der Waals surface area contributed by atoms with E-state index in [1.54, 1.807) is 0 Å². The van der Waals surface area contributed by atoms with Gasteiger partial charge in [0.25, 0.3) is 11.6 Å². The summed E-state index contributed by atoms with van der Waals surface area (Å²) in [5, 5.41) is 13.7. The Hall–Kier alpha value is -2.93. The Morgan fingerprint density at radius 2 is 1.80 bits per heavy atom. The largest absolute Gasteiger partial charge is 0.496 e. The van der Waals surface area contributed by atoms with Crippen LogP contribution >= 0.6 is 0 Å². The standard InChI is InChI=1S/C18H21N3O4/c1-20(2)12-14-6-4-13(5-7-14)11-19-18(22)16-10-15(21(23)24)8-9-17(16)25-3/h4-10H,11-12H2,1-3H3,(H,19,22). The average Bonchev–Trinajstić information content (AvgIpc) is 2.59. The summed E-state index contributed by atoms with van der Waals surface area (Å²) < 4.78 is 5.12. The van der Waals surface area contributed by atoms with Crippen LogP contribution in [0.1, 0.15) is 21.5 Å². The molecule has 0 radical (unpaired) electrons. The summed E-state index contributed by atoms with van der Waals surface area (Å²) >= 11 is 0. The molecule has 0 fully saturated rings. The number of rotatable bonds is 7. The van der Waals surface area contributed by atoms with Crippen molar-refractivity contribution in [3.8, 4) is 5.75 Å². The Morgan fingerprint density at radius 1 is 1.16 bits per heavy atom. The molecule has 0 saturated carbocycles. The minimum atomic E-state index is -0.542. The van der Waals surface area contributed by atoms with Gasteiger partial charge in [-0.1, -0.05) is 24.3 Å². The van der Waals surface area contributed by atoms with Crippen molar-refractivity contribution in [2.45, 2.75) is 13.1 Å². The molecule has 0 aromatic heterocycles. The monoisotopic (exact) mass is 343 g/mol. The molecule has 0 aliphatic heterocycles. The fourth-order valence-electron chi connectivity index (χ4n) is 2.39. The Labute approximate surface area is 146 Å². The number of nitrogens with one attached hydrogen (secondary N) is 1. The lowest BCUT2D eigenvalue weighted by Crippen LogP contribution is -2.23. The van der Waals surface area contributed by atoms with Crippen molar-refractivity contribution in [3.05, 3.63) is 69.3 Å². The van der Waals surface area contributed by atoms with Crippen LogP contribution in [0.15, 0.2) is 42.5 Å². The van der Waals surface area contributed by atoms with Crippen LogP contribution in [0.3, 0.4) is 0 Å². The predicted molar refractivity (Wildman–Crippen MR) is 94.7 cm³/mol. The average molecular weight is 343 g/mol. The van der Waals surface area contributed by atoms with Crippen LogP contribution in [0.25, 0.3) is 0 Å². The van der Waals surface area contributed by atoms with Crippen molar-refractivity contribution >= 4 is 11.6 Å². The highest BCUT2D eigenvalue weighted by molar-refractivity contribution is 5.97. The molecule has 1 amide bonds. The number of carbonyl (C=O) groups is 1. The van der Waals surface area contributed by atoms with Gasteiger partial charge in [-0.2, -0.15) is 0 Å². The minimum absolute atomic E-state index is 0.140. The smallest absolute Gasteiger partial charge is 0.270 e. The van der Waals surface area contributed by atoms with Gasteiger partial charge in [-0.25, -0.2) is 0 Å². The van der Waals surface area contributed by atoms with E-state index < -0.39 is 10.8 Å². The molecule has 0 atom stereocenters. The van der Waals surface area contributed by atoms with Crippen molar-refractivity contribution in [1.82, 2.24) is 10.2 Å². The van der Waals surface area contributed by atoms with E-state index in [4.69, 9.17) is 4.74 Å². The fraction of sp³-hybridized carbons (Fsp3) is 0.278. The van der Waals surface area contributed by atoms with E-state index in [0.29, 0.717) is 12.3 Å². The lowest BCUT2D eigenvalue weighted by molar-refractivity contribution is -0.384. The normalized spacial score (nSPS) is 10.6. The third-order valence-corrected chi connectivity index (χ3v) is 3.61. The summed E-state index contributed by atoms with van der Waals surface area (Å²) in [5.74, 6) is -0.123. The molecule has 7 nitrogen and oxygen atoms in total. The van der Waals surface area contributed by atoms with Crippen LogP contribution < -0.4 is 10.1 Å². The Kier molecular flexibility index (Phi) is 6.08. The summed E-state index contributed by atoms with van der Waals surface area (Å²) in [6.07, 6.45) is 0. The van der Waals surface area contributed by atoms with Crippen LogP contribution in [0.5, 0.6) is 5.75 Å². The number of hydrogen-bond donors (Lipinski definition) is 1. The summed E-state index contributed by atoms with van der Waals surface area (Å²) in [6, 6.07) is 11.9. The molecule has 0 spiro atoms. The molecule has 0 bridgehead atoms. The summed E-state index contributed by atoms with van der Waals surface area (Å²) in [6.45, 7) is 1.17. The molecule has 0 aliphatic rings. The van der Waals surface area contributed by atoms with Gasteiger partial charge >= 0.3 is 0 Å². The molecule has 25 heavy (non-hydrogen) atoms. The first-order chi connectivity index (χ1) is 11.9. The van der Waals surface area contributed by atoms with Gasteiger partial charge in [0.05, 0.1) is 17.6 Å². The highest BCUT2D eigenvalue weighted by Crippen LogP contribution is 2.24. The molecular formula is C18H21N3O4. The number of amides is 1. The van der Waals surface area contributed by atoms with Crippen LogP contribution in [-0.4, -0.2) is 36.9 Å².